The van der Waals surface area contributed by atoms with E-state index in [9.17, 15) is 4.79 Å². The van der Waals surface area contributed by atoms with Gasteiger partial charge in [0.15, 0.2) is 0 Å². The van der Waals surface area contributed by atoms with Crippen molar-refractivity contribution in [2.75, 3.05) is 0 Å². The minimum absolute atomic E-state index is 0.0606. The van der Waals surface area contributed by atoms with Gasteiger partial charge in [-0.05, 0) is 27.2 Å². The number of carbonyl (C=O) groups excluding carboxylic acids is 1. The molecular formula is C17H34ClNO. The molecule has 120 valence electrons. The molecule has 0 bridgehead atoms. The third-order valence-corrected chi connectivity index (χ3v) is 4.51. The Balaban J connectivity index is 3.45. The lowest BCUT2D eigenvalue weighted by Crippen LogP contribution is -2.48. The number of alkyl halides is 1. The Morgan fingerprint density at radius 2 is 1.45 bits per heavy atom. The Bertz CT molecular complexity index is 251. The molecule has 0 heterocycles. The number of hydrogen-bond donors (Lipinski definition) is 1. The molecule has 0 aliphatic heterocycles. The van der Waals surface area contributed by atoms with Gasteiger partial charge in [-0.1, -0.05) is 58.3 Å². The van der Waals surface area contributed by atoms with Crippen LogP contribution in [0, 0.1) is 0 Å². The van der Waals surface area contributed by atoms with Crippen LogP contribution >= 0.6 is 11.6 Å². The Kier molecular flexibility index (Phi) is 11.3. The third kappa shape index (κ3) is 10.5. The summed E-state index contributed by atoms with van der Waals surface area (Å²) >= 11 is 6.05. The largest absolute Gasteiger partial charge is 0.350 e. The van der Waals surface area contributed by atoms with Gasteiger partial charge in [-0.3, -0.25) is 4.79 Å². The lowest BCUT2D eigenvalue weighted by Gasteiger charge is -2.29. The number of halogens is 1. The lowest BCUT2D eigenvalue weighted by molar-refractivity contribution is -0.122. The standard InChI is InChI=1S/C17H34ClNO/c1-5-6-7-8-9-10-11-12-13-14-16(20)19-17(3,4)15(2)18/h15H,5-14H2,1-4H3,(H,19,20). The Hall–Kier alpha value is -0.240. The summed E-state index contributed by atoms with van der Waals surface area (Å²) in [7, 11) is 0. The zero-order chi connectivity index (χ0) is 15.4. The van der Waals surface area contributed by atoms with E-state index in [1.165, 1.54) is 44.9 Å². The fourth-order valence-corrected chi connectivity index (χ4v) is 2.17. The van der Waals surface area contributed by atoms with Gasteiger partial charge in [0.2, 0.25) is 5.91 Å². The van der Waals surface area contributed by atoms with Gasteiger partial charge in [0.1, 0.15) is 0 Å². The quantitative estimate of drug-likeness (QED) is 0.378. The Morgan fingerprint density at radius 3 is 1.90 bits per heavy atom. The van der Waals surface area contributed by atoms with E-state index in [0.717, 1.165) is 12.8 Å². The van der Waals surface area contributed by atoms with Gasteiger partial charge >= 0.3 is 0 Å². The molecule has 0 radical (unpaired) electrons. The van der Waals surface area contributed by atoms with Crippen molar-refractivity contribution in [3.05, 3.63) is 0 Å². The molecule has 0 saturated heterocycles. The van der Waals surface area contributed by atoms with Crippen molar-refractivity contribution in [2.45, 2.75) is 103 Å². The summed E-state index contributed by atoms with van der Waals surface area (Å²) in [5.74, 6) is 0.130. The first-order chi connectivity index (χ1) is 9.40. The van der Waals surface area contributed by atoms with Crippen molar-refractivity contribution in [3.63, 3.8) is 0 Å². The van der Waals surface area contributed by atoms with E-state index >= 15 is 0 Å². The average molecular weight is 304 g/mol. The summed E-state index contributed by atoms with van der Waals surface area (Å²) in [5, 5.41) is 2.95. The minimum Gasteiger partial charge on any atom is -0.350 e. The van der Waals surface area contributed by atoms with Gasteiger partial charge in [-0.25, -0.2) is 0 Å². The first-order valence-electron chi connectivity index (χ1n) is 8.35. The van der Waals surface area contributed by atoms with Crippen molar-refractivity contribution in [1.82, 2.24) is 5.32 Å². The van der Waals surface area contributed by atoms with Crippen molar-refractivity contribution in [2.24, 2.45) is 0 Å². The zero-order valence-electron chi connectivity index (χ0n) is 13.9. The first-order valence-corrected chi connectivity index (χ1v) is 8.79. The van der Waals surface area contributed by atoms with E-state index in [-0.39, 0.29) is 16.8 Å². The summed E-state index contributed by atoms with van der Waals surface area (Å²) in [6.07, 6.45) is 12.1. The van der Waals surface area contributed by atoms with Crippen LogP contribution in [-0.2, 0) is 4.79 Å². The van der Waals surface area contributed by atoms with Crippen molar-refractivity contribution < 1.29 is 4.79 Å². The van der Waals surface area contributed by atoms with Crippen LogP contribution in [0.2, 0.25) is 0 Å². The second-order valence-corrected chi connectivity index (χ2v) is 7.12. The minimum atomic E-state index is -0.322. The molecule has 2 nitrogen and oxygen atoms in total. The van der Waals surface area contributed by atoms with Crippen LogP contribution in [0.5, 0.6) is 0 Å². The number of rotatable bonds is 12. The molecule has 0 aliphatic rings. The fourth-order valence-electron chi connectivity index (χ4n) is 2.12. The van der Waals surface area contributed by atoms with Gasteiger partial charge < -0.3 is 5.32 Å². The molecule has 0 fully saturated rings. The molecule has 0 saturated carbocycles. The highest BCUT2D eigenvalue weighted by Gasteiger charge is 2.25. The van der Waals surface area contributed by atoms with Crippen LogP contribution in [-0.4, -0.2) is 16.8 Å². The second-order valence-electron chi connectivity index (χ2n) is 6.46. The predicted molar refractivity (Wildman–Crippen MR) is 89.4 cm³/mol. The number of nitrogens with one attached hydrogen (secondary N) is 1. The molecule has 1 atom stereocenters. The van der Waals surface area contributed by atoms with E-state index in [1.54, 1.807) is 0 Å². The molecule has 1 unspecified atom stereocenters. The van der Waals surface area contributed by atoms with Gasteiger partial charge in [0.25, 0.3) is 0 Å². The predicted octanol–water partition coefficient (Wildman–Crippen LogP) is 5.43. The first kappa shape index (κ1) is 19.8. The van der Waals surface area contributed by atoms with Crippen LogP contribution in [0.1, 0.15) is 91.9 Å². The maximum absolute atomic E-state index is 11.8. The smallest absolute Gasteiger partial charge is 0.220 e. The highest BCUT2D eigenvalue weighted by Crippen LogP contribution is 2.15. The molecule has 0 rings (SSSR count). The van der Waals surface area contributed by atoms with Gasteiger partial charge in [-0.2, -0.15) is 0 Å². The molecule has 1 amide bonds. The second kappa shape index (κ2) is 11.4. The van der Waals surface area contributed by atoms with Crippen LogP contribution in [0.4, 0.5) is 0 Å². The molecule has 20 heavy (non-hydrogen) atoms. The topological polar surface area (TPSA) is 29.1 Å². The summed E-state index contributed by atoms with van der Waals surface area (Å²) in [4.78, 5) is 11.8. The summed E-state index contributed by atoms with van der Waals surface area (Å²) in [5.41, 5.74) is -0.322. The molecule has 0 aromatic heterocycles. The molecule has 0 aromatic rings. The van der Waals surface area contributed by atoms with Crippen molar-refractivity contribution in [3.8, 4) is 0 Å². The molecule has 0 aromatic carbocycles. The van der Waals surface area contributed by atoms with E-state index in [1.807, 2.05) is 20.8 Å². The average Bonchev–Trinajstić information content (AvgIpc) is 2.36. The molecule has 0 aliphatic carbocycles. The van der Waals surface area contributed by atoms with E-state index < -0.39 is 0 Å². The Labute approximate surface area is 131 Å². The summed E-state index contributed by atoms with van der Waals surface area (Å²) < 4.78 is 0. The summed E-state index contributed by atoms with van der Waals surface area (Å²) in [6, 6.07) is 0. The molecular weight excluding hydrogens is 270 g/mol. The number of carbonyl (C=O) groups is 1. The van der Waals surface area contributed by atoms with E-state index in [0.29, 0.717) is 6.42 Å². The lowest BCUT2D eigenvalue weighted by atomic mass is 10.0. The van der Waals surface area contributed by atoms with Crippen LogP contribution in [0.25, 0.3) is 0 Å². The van der Waals surface area contributed by atoms with Gasteiger partial charge in [0.05, 0.1) is 10.9 Å². The zero-order valence-corrected chi connectivity index (χ0v) is 14.7. The number of amides is 1. The van der Waals surface area contributed by atoms with Gasteiger partial charge in [-0.15, -0.1) is 11.6 Å². The number of hydrogen-bond acceptors (Lipinski definition) is 1. The van der Waals surface area contributed by atoms with Crippen molar-refractivity contribution >= 4 is 17.5 Å². The molecule has 1 N–H and O–H groups in total. The Morgan fingerprint density at radius 1 is 1.00 bits per heavy atom. The van der Waals surface area contributed by atoms with Crippen LogP contribution < -0.4 is 5.32 Å². The monoisotopic (exact) mass is 303 g/mol. The van der Waals surface area contributed by atoms with E-state index in [2.05, 4.69) is 12.2 Å². The molecule has 0 spiro atoms. The maximum Gasteiger partial charge on any atom is 0.220 e. The van der Waals surface area contributed by atoms with Crippen LogP contribution in [0.3, 0.4) is 0 Å². The molecule has 3 heteroatoms. The fraction of sp³-hybridized carbons (Fsp3) is 0.941. The maximum atomic E-state index is 11.8. The van der Waals surface area contributed by atoms with Crippen molar-refractivity contribution in [1.29, 1.82) is 0 Å². The highest BCUT2D eigenvalue weighted by molar-refractivity contribution is 6.21. The summed E-state index contributed by atoms with van der Waals surface area (Å²) in [6.45, 7) is 8.11. The highest BCUT2D eigenvalue weighted by atomic mass is 35.5. The van der Waals surface area contributed by atoms with Gasteiger partial charge in [0, 0.05) is 6.42 Å². The van der Waals surface area contributed by atoms with Crippen LogP contribution in [0.15, 0.2) is 0 Å². The number of unbranched alkanes of at least 4 members (excludes halogenated alkanes) is 8. The SMILES string of the molecule is CCCCCCCCCCCC(=O)NC(C)(C)C(C)Cl. The third-order valence-electron chi connectivity index (χ3n) is 3.96. The normalized spacial score (nSPS) is 13.2. The van der Waals surface area contributed by atoms with E-state index in [4.69, 9.17) is 11.6 Å².